The summed E-state index contributed by atoms with van der Waals surface area (Å²) in [6, 6.07) is 10.4. The van der Waals surface area contributed by atoms with Crippen LogP contribution in [0.2, 0.25) is 0 Å². The minimum absolute atomic E-state index is 0.308. The highest BCUT2D eigenvalue weighted by atomic mass is 16.5. The molecule has 12 heteroatoms. The minimum atomic E-state index is -0.346. The van der Waals surface area contributed by atoms with Gasteiger partial charge in [0.2, 0.25) is 11.9 Å². The van der Waals surface area contributed by atoms with Crippen LogP contribution in [0, 0.1) is 6.92 Å². The summed E-state index contributed by atoms with van der Waals surface area (Å²) in [4.78, 5) is 45.2. The van der Waals surface area contributed by atoms with Gasteiger partial charge in [-0.3, -0.25) is 24.4 Å². The van der Waals surface area contributed by atoms with Crippen LogP contribution in [0.3, 0.4) is 0 Å². The number of carbonyl (C=O) groups excluding carboxylic acids is 3. The van der Waals surface area contributed by atoms with Crippen LogP contribution in [0.15, 0.2) is 48.6 Å². The number of carbonyl (C=O) groups is 3. The lowest BCUT2D eigenvalue weighted by molar-refractivity contribution is 0.101. The molecule has 0 saturated carbocycles. The molecule has 0 bridgehead atoms. The Balaban J connectivity index is 1.49. The van der Waals surface area contributed by atoms with Crippen molar-refractivity contribution in [3.8, 4) is 5.75 Å². The van der Waals surface area contributed by atoms with Crippen LogP contribution >= 0.6 is 0 Å². The topological polar surface area (TPSA) is 138 Å². The maximum Gasteiger partial charge on any atom is 0.276 e. The fraction of sp³-hybridized carbons (Fsp3) is 0.241. The summed E-state index contributed by atoms with van der Waals surface area (Å²) >= 11 is 0. The first kappa shape index (κ1) is 27.3. The number of ether oxygens (including phenoxy) is 1. The molecule has 210 valence electrons. The van der Waals surface area contributed by atoms with Crippen molar-refractivity contribution in [1.82, 2.24) is 28.9 Å². The van der Waals surface area contributed by atoms with Gasteiger partial charge in [0.25, 0.3) is 5.91 Å². The largest absolute Gasteiger partial charge is 0.494 e. The maximum atomic E-state index is 13.3. The third kappa shape index (κ3) is 5.19. The van der Waals surface area contributed by atoms with Gasteiger partial charge in [-0.05, 0) is 50.2 Å². The number of hydrogen-bond donors (Lipinski definition) is 2. The molecule has 0 aliphatic carbocycles. The van der Waals surface area contributed by atoms with Gasteiger partial charge < -0.3 is 19.2 Å². The second-order valence-electron chi connectivity index (χ2n) is 9.33. The van der Waals surface area contributed by atoms with Crippen molar-refractivity contribution in [3.05, 3.63) is 71.1 Å². The molecule has 0 fully saturated rings. The van der Waals surface area contributed by atoms with Gasteiger partial charge in [0.05, 0.1) is 29.4 Å². The van der Waals surface area contributed by atoms with Crippen LogP contribution in [-0.2, 0) is 19.6 Å². The predicted molar refractivity (Wildman–Crippen MR) is 156 cm³/mol. The molecule has 12 nitrogen and oxygen atoms in total. The van der Waals surface area contributed by atoms with Crippen molar-refractivity contribution >= 4 is 52.4 Å². The number of aryl methyl sites for hydroxylation is 2. The van der Waals surface area contributed by atoms with Crippen molar-refractivity contribution in [3.63, 3.8) is 0 Å². The van der Waals surface area contributed by atoms with Crippen LogP contribution in [-0.4, -0.2) is 61.5 Å². The molecule has 2 aromatic carbocycles. The van der Waals surface area contributed by atoms with E-state index in [1.807, 2.05) is 41.2 Å². The Morgan fingerprint density at radius 1 is 0.951 bits per heavy atom. The summed E-state index contributed by atoms with van der Waals surface area (Å²) in [5.41, 5.74) is 4.89. The van der Waals surface area contributed by atoms with E-state index in [0.717, 1.165) is 29.3 Å². The number of nitrogens with one attached hydrogen (secondary N) is 2. The average molecular weight is 555 g/mol. The summed E-state index contributed by atoms with van der Waals surface area (Å²) in [6.07, 6.45) is 5.46. The zero-order valence-electron chi connectivity index (χ0n) is 23.2. The lowest BCUT2D eigenvalue weighted by Gasteiger charge is -2.11. The van der Waals surface area contributed by atoms with Crippen molar-refractivity contribution in [1.29, 1.82) is 0 Å². The number of nitrogens with zero attached hydrogens (tertiary/aromatic N) is 6. The first-order chi connectivity index (χ1) is 19.9. The number of anilines is 2. The molecule has 0 atom stereocenters. The summed E-state index contributed by atoms with van der Waals surface area (Å²) in [5.74, 6) is 1.09. The van der Waals surface area contributed by atoms with Gasteiger partial charge in [0.15, 0.2) is 0 Å². The molecule has 0 aliphatic heterocycles. The molecular weight excluding hydrogens is 524 g/mol. The smallest absolute Gasteiger partial charge is 0.276 e. The molecule has 5 aromatic rings. The van der Waals surface area contributed by atoms with E-state index >= 15 is 0 Å². The second kappa shape index (κ2) is 11.5. The standard InChI is InChI=1S/C29H30N8O4/c1-5-37-24(12-18(2)34-37)27(40)33-29-32-22-14-20(17-39)15-25(41-4)26(22)36(29)11-7-6-10-35-23-9-8-19(16-38)13-21(23)31-28(35)30-3/h6-9,12-17H,5,10-11H2,1-4H3,(H,30,31)(H,32,33,40)/b7-6+. The summed E-state index contributed by atoms with van der Waals surface area (Å²) < 4.78 is 11.1. The van der Waals surface area contributed by atoms with Crippen LogP contribution < -0.4 is 15.4 Å². The van der Waals surface area contributed by atoms with Crippen molar-refractivity contribution < 1.29 is 19.1 Å². The molecular formula is C29H30N8O4. The Labute approximate surface area is 235 Å². The Hall–Kier alpha value is -5.26. The number of allylic oxidation sites excluding steroid dienone is 2. The van der Waals surface area contributed by atoms with Gasteiger partial charge in [-0.25, -0.2) is 9.97 Å². The van der Waals surface area contributed by atoms with E-state index in [2.05, 4.69) is 25.7 Å². The quantitative estimate of drug-likeness (QED) is 0.184. The van der Waals surface area contributed by atoms with E-state index in [0.29, 0.717) is 65.1 Å². The minimum Gasteiger partial charge on any atom is -0.494 e. The maximum absolute atomic E-state index is 13.3. The highest BCUT2D eigenvalue weighted by Gasteiger charge is 2.20. The predicted octanol–water partition coefficient (Wildman–Crippen LogP) is 4.09. The lowest BCUT2D eigenvalue weighted by Crippen LogP contribution is -2.20. The number of aromatic nitrogens is 6. The first-order valence-electron chi connectivity index (χ1n) is 13.1. The van der Waals surface area contributed by atoms with Gasteiger partial charge >= 0.3 is 0 Å². The molecule has 3 aromatic heterocycles. The Morgan fingerprint density at radius 3 is 2.34 bits per heavy atom. The third-order valence-corrected chi connectivity index (χ3v) is 6.72. The molecule has 0 unspecified atom stereocenters. The molecule has 0 radical (unpaired) electrons. The summed E-state index contributed by atoms with van der Waals surface area (Å²) in [7, 11) is 3.32. The van der Waals surface area contributed by atoms with Crippen molar-refractivity contribution in [2.45, 2.75) is 33.5 Å². The molecule has 0 spiro atoms. The van der Waals surface area contributed by atoms with Crippen LogP contribution in [0.4, 0.5) is 11.9 Å². The SMILES string of the molecule is CCn1nc(C)cc1C(=O)Nc1nc2cc(C=O)cc(OC)c2n1C/C=C/Cn1c(NC)nc2cc(C=O)ccc21. The fourth-order valence-corrected chi connectivity index (χ4v) is 4.84. The molecule has 41 heavy (non-hydrogen) atoms. The van der Waals surface area contributed by atoms with Gasteiger partial charge in [0.1, 0.15) is 29.5 Å². The number of amides is 1. The number of methoxy groups -OCH3 is 1. The first-order valence-corrected chi connectivity index (χ1v) is 13.1. The van der Waals surface area contributed by atoms with E-state index in [1.54, 1.807) is 42.1 Å². The number of imidazole rings is 2. The van der Waals surface area contributed by atoms with E-state index in [4.69, 9.17) is 4.74 Å². The van der Waals surface area contributed by atoms with Crippen LogP contribution in [0.1, 0.15) is 43.8 Å². The molecule has 3 heterocycles. The van der Waals surface area contributed by atoms with Crippen LogP contribution in [0.5, 0.6) is 5.75 Å². The summed E-state index contributed by atoms with van der Waals surface area (Å²) in [6.45, 7) is 5.15. The Morgan fingerprint density at radius 2 is 1.66 bits per heavy atom. The number of benzene rings is 2. The molecule has 2 N–H and O–H groups in total. The van der Waals surface area contributed by atoms with E-state index in [9.17, 15) is 14.4 Å². The monoisotopic (exact) mass is 554 g/mol. The normalized spacial score (nSPS) is 11.4. The Bertz CT molecular complexity index is 1810. The number of hydrogen-bond acceptors (Lipinski definition) is 8. The molecule has 0 aliphatic rings. The highest BCUT2D eigenvalue weighted by Crippen LogP contribution is 2.30. The zero-order chi connectivity index (χ0) is 29.1. The number of fused-ring (bicyclic) bond motifs is 2. The zero-order valence-corrected chi connectivity index (χ0v) is 23.2. The van der Waals surface area contributed by atoms with E-state index in [1.165, 1.54) is 7.11 Å². The highest BCUT2D eigenvalue weighted by molar-refractivity contribution is 6.03. The molecule has 5 rings (SSSR count). The third-order valence-electron chi connectivity index (χ3n) is 6.72. The van der Waals surface area contributed by atoms with Crippen molar-refractivity contribution in [2.75, 3.05) is 24.8 Å². The van der Waals surface area contributed by atoms with Crippen molar-refractivity contribution in [2.24, 2.45) is 0 Å². The van der Waals surface area contributed by atoms with Crippen LogP contribution in [0.25, 0.3) is 22.1 Å². The second-order valence-corrected chi connectivity index (χ2v) is 9.33. The summed E-state index contributed by atoms with van der Waals surface area (Å²) in [5, 5.41) is 10.4. The fourth-order valence-electron chi connectivity index (χ4n) is 4.84. The lowest BCUT2D eigenvalue weighted by atomic mass is 10.2. The Kier molecular flexibility index (Phi) is 7.64. The molecule has 1 amide bonds. The van der Waals surface area contributed by atoms with E-state index < -0.39 is 0 Å². The van der Waals surface area contributed by atoms with E-state index in [-0.39, 0.29) is 5.91 Å². The van der Waals surface area contributed by atoms with Gasteiger partial charge in [-0.15, -0.1) is 0 Å². The van der Waals surface area contributed by atoms with Gasteiger partial charge in [0, 0.05) is 37.8 Å². The van der Waals surface area contributed by atoms with Gasteiger partial charge in [-0.1, -0.05) is 12.2 Å². The van der Waals surface area contributed by atoms with Gasteiger partial charge in [-0.2, -0.15) is 5.10 Å². The number of rotatable bonds is 11. The average Bonchev–Trinajstić information content (AvgIpc) is 3.66. The number of aldehydes is 2. The molecule has 0 saturated heterocycles.